The zero-order chi connectivity index (χ0) is 30.6. The molecule has 42 heavy (non-hydrogen) atoms. The van der Waals surface area contributed by atoms with Gasteiger partial charge in [-0.15, -0.1) is 0 Å². The van der Waals surface area contributed by atoms with Crippen LogP contribution in [0, 0.1) is 6.92 Å². The number of aryl methyl sites for hydroxylation is 1. The molecular weight excluding hydrogens is 554 g/mol. The molecule has 1 unspecified atom stereocenters. The molecule has 0 radical (unpaired) electrons. The molecule has 1 saturated carbocycles. The molecule has 2 heterocycles. The van der Waals surface area contributed by atoms with E-state index in [1.54, 1.807) is 18.2 Å². The first-order valence-electron chi connectivity index (χ1n) is 13.9. The van der Waals surface area contributed by atoms with Crippen LogP contribution in [-0.2, 0) is 27.9 Å². The largest absolute Gasteiger partial charge is 0.492 e. The number of imidazole rings is 1. The Kier molecular flexibility index (Phi) is 7.33. The minimum Gasteiger partial charge on any atom is -0.492 e. The number of hydrogen-bond donors (Lipinski definition) is 2. The van der Waals surface area contributed by atoms with Crippen LogP contribution in [0.4, 0.5) is 17.1 Å². The number of methoxy groups -OCH3 is 1. The van der Waals surface area contributed by atoms with E-state index in [1.807, 2.05) is 58.1 Å². The lowest BCUT2D eigenvalue weighted by molar-refractivity contribution is 0.102. The normalized spacial score (nSPS) is 17.8. The second kappa shape index (κ2) is 10.4. The number of rotatable bonds is 8. The maximum Gasteiger partial charge on any atom is 0.255 e. The Labute approximate surface area is 247 Å². The van der Waals surface area contributed by atoms with Crippen molar-refractivity contribution in [2.24, 2.45) is 17.4 Å². The van der Waals surface area contributed by atoms with Crippen molar-refractivity contribution in [2.45, 2.75) is 64.3 Å². The van der Waals surface area contributed by atoms with E-state index in [1.165, 1.54) is 7.11 Å². The smallest absolute Gasteiger partial charge is 0.255 e. The van der Waals surface area contributed by atoms with Crippen LogP contribution >= 0.6 is 0 Å². The molecule has 11 nitrogen and oxygen atoms in total. The van der Waals surface area contributed by atoms with Crippen LogP contribution in [-0.4, -0.2) is 43.8 Å². The van der Waals surface area contributed by atoms with Gasteiger partial charge in [0, 0.05) is 18.0 Å². The number of anilines is 3. The minimum absolute atomic E-state index is 0.150. The molecular formula is C30H39N7O4S. The summed E-state index contributed by atoms with van der Waals surface area (Å²) < 4.78 is 34.4. The van der Waals surface area contributed by atoms with Crippen molar-refractivity contribution in [2.75, 3.05) is 35.0 Å². The number of nitrogens with zero attached hydrogens (tertiary/aromatic N) is 5. The van der Waals surface area contributed by atoms with Gasteiger partial charge in [-0.3, -0.25) is 9.52 Å². The van der Waals surface area contributed by atoms with Crippen molar-refractivity contribution >= 4 is 33.0 Å². The number of sulfonamides is 1. The Morgan fingerprint density at radius 1 is 1.14 bits per heavy atom. The van der Waals surface area contributed by atoms with E-state index in [-0.39, 0.29) is 34.2 Å². The fraction of sp³-hybridized carbons (Fsp3) is 0.467. The zero-order valence-electron chi connectivity index (χ0n) is 25.4. The maximum absolute atomic E-state index is 13.6. The summed E-state index contributed by atoms with van der Waals surface area (Å²) in [6.07, 6.45) is 5.26. The fourth-order valence-electron chi connectivity index (χ4n) is 5.24. The van der Waals surface area contributed by atoms with Gasteiger partial charge in [-0.2, -0.15) is 5.11 Å². The van der Waals surface area contributed by atoms with E-state index in [2.05, 4.69) is 36.9 Å². The maximum atomic E-state index is 13.6. The Morgan fingerprint density at radius 3 is 2.45 bits per heavy atom. The first-order chi connectivity index (χ1) is 19.6. The van der Waals surface area contributed by atoms with Gasteiger partial charge >= 0.3 is 0 Å². The highest BCUT2D eigenvalue weighted by Gasteiger charge is 2.43. The number of ether oxygens (including phenoxy) is 1. The second-order valence-electron chi connectivity index (χ2n) is 12.6. The van der Waals surface area contributed by atoms with Crippen molar-refractivity contribution < 1.29 is 17.9 Å². The number of benzene rings is 2. The van der Waals surface area contributed by atoms with Gasteiger partial charge in [0.15, 0.2) is 5.75 Å². The number of amides is 1. The van der Waals surface area contributed by atoms with Crippen molar-refractivity contribution in [3.63, 3.8) is 0 Å². The molecule has 1 fully saturated rings. The number of nitrogens with one attached hydrogen (secondary N) is 2. The standard InChI is InChI=1S/C30H39N7O4S/c1-18-9-10-19(13-24(18)37-17-23(33-35-37)25-16-31-28(36(25)6)30(5)11-12-30)27(38)32-21-14-20(29(2,3)4)15-22(26(21)41-7)34-42(8,39)40/h9-10,13-16,23,34H,11-12,17H2,1-8H3,(H,32,38). The van der Waals surface area contributed by atoms with Crippen LogP contribution in [0.5, 0.6) is 5.75 Å². The van der Waals surface area contributed by atoms with Crippen molar-refractivity contribution in [1.29, 1.82) is 0 Å². The summed E-state index contributed by atoms with van der Waals surface area (Å²) in [5.41, 5.74) is 4.43. The van der Waals surface area contributed by atoms with Gasteiger partial charge in [0.1, 0.15) is 11.9 Å². The van der Waals surface area contributed by atoms with E-state index in [4.69, 9.17) is 4.74 Å². The first kappa shape index (κ1) is 29.6. The van der Waals surface area contributed by atoms with E-state index in [0.717, 1.165) is 47.4 Å². The quantitative estimate of drug-likeness (QED) is 0.348. The third-order valence-corrected chi connectivity index (χ3v) is 8.59. The highest BCUT2D eigenvalue weighted by Crippen LogP contribution is 2.47. The van der Waals surface area contributed by atoms with Crippen LogP contribution < -0.4 is 19.8 Å². The molecule has 5 rings (SSSR count). The summed E-state index contributed by atoms with van der Waals surface area (Å²) >= 11 is 0. The molecule has 2 aliphatic rings. The molecule has 0 spiro atoms. The molecule has 0 saturated heterocycles. The summed E-state index contributed by atoms with van der Waals surface area (Å²) in [5, 5.41) is 13.7. The molecule has 1 aliphatic carbocycles. The Hall–Kier alpha value is -3.93. The third kappa shape index (κ3) is 5.85. The third-order valence-electron chi connectivity index (χ3n) is 8.00. The van der Waals surface area contributed by atoms with E-state index >= 15 is 0 Å². The zero-order valence-corrected chi connectivity index (χ0v) is 26.3. The van der Waals surface area contributed by atoms with Gasteiger partial charge in [0.05, 0.1) is 48.9 Å². The van der Waals surface area contributed by atoms with Crippen molar-refractivity contribution in [3.05, 3.63) is 64.7 Å². The average Bonchev–Trinajstić information content (AvgIpc) is 3.27. The number of carbonyl (C=O) groups is 1. The highest BCUT2D eigenvalue weighted by molar-refractivity contribution is 7.92. The molecule has 2 N–H and O–H groups in total. The monoisotopic (exact) mass is 593 g/mol. The Morgan fingerprint density at radius 2 is 1.83 bits per heavy atom. The minimum atomic E-state index is -3.59. The van der Waals surface area contributed by atoms with Gasteiger partial charge in [-0.05, 0) is 60.6 Å². The fourth-order valence-corrected chi connectivity index (χ4v) is 5.79. The Balaban J connectivity index is 1.40. The lowest BCUT2D eigenvalue weighted by atomic mass is 9.86. The van der Waals surface area contributed by atoms with E-state index in [9.17, 15) is 13.2 Å². The number of aromatic nitrogens is 2. The van der Waals surface area contributed by atoms with Gasteiger partial charge in [-0.25, -0.2) is 18.4 Å². The van der Waals surface area contributed by atoms with Crippen LogP contribution in [0.15, 0.2) is 46.9 Å². The van der Waals surface area contributed by atoms with Crippen LogP contribution in [0.25, 0.3) is 0 Å². The molecule has 1 amide bonds. The summed E-state index contributed by atoms with van der Waals surface area (Å²) in [7, 11) is -0.121. The first-order valence-corrected chi connectivity index (χ1v) is 15.8. The molecule has 12 heteroatoms. The molecule has 1 atom stereocenters. The predicted molar refractivity (Wildman–Crippen MR) is 164 cm³/mol. The van der Waals surface area contributed by atoms with Crippen LogP contribution in [0.1, 0.15) is 79.6 Å². The summed E-state index contributed by atoms with van der Waals surface area (Å²) in [6.45, 7) is 10.8. The lowest BCUT2D eigenvalue weighted by Gasteiger charge is -2.24. The van der Waals surface area contributed by atoms with Gasteiger partial charge in [-0.1, -0.05) is 39.0 Å². The molecule has 1 aliphatic heterocycles. The van der Waals surface area contributed by atoms with Gasteiger partial charge < -0.3 is 14.6 Å². The molecule has 3 aromatic rings. The van der Waals surface area contributed by atoms with Crippen molar-refractivity contribution in [1.82, 2.24) is 9.55 Å². The van der Waals surface area contributed by atoms with E-state index in [0.29, 0.717) is 17.8 Å². The van der Waals surface area contributed by atoms with Crippen LogP contribution in [0.2, 0.25) is 0 Å². The molecule has 224 valence electrons. The Bertz CT molecular complexity index is 1680. The highest BCUT2D eigenvalue weighted by atomic mass is 32.2. The van der Waals surface area contributed by atoms with Gasteiger partial charge in [0.25, 0.3) is 5.91 Å². The second-order valence-corrected chi connectivity index (χ2v) is 14.4. The predicted octanol–water partition coefficient (Wildman–Crippen LogP) is 5.64. The lowest BCUT2D eigenvalue weighted by Crippen LogP contribution is -2.21. The number of carbonyl (C=O) groups excluding carboxylic acids is 1. The summed E-state index contributed by atoms with van der Waals surface area (Å²) in [5.74, 6) is 0.940. The molecule has 0 bridgehead atoms. The number of hydrogen-bond acceptors (Lipinski definition) is 8. The molecule has 1 aromatic heterocycles. The van der Waals surface area contributed by atoms with Gasteiger partial charge in [0.2, 0.25) is 10.0 Å². The summed E-state index contributed by atoms with van der Waals surface area (Å²) in [4.78, 5) is 18.3. The van der Waals surface area contributed by atoms with E-state index < -0.39 is 10.0 Å². The summed E-state index contributed by atoms with van der Waals surface area (Å²) in [6, 6.07) is 8.79. The van der Waals surface area contributed by atoms with Crippen molar-refractivity contribution in [3.8, 4) is 5.75 Å². The molecule has 2 aromatic carbocycles. The topological polar surface area (TPSA) is 130 Å². The van der Waals surface area contributed by atoms with Crippen LogP contribution in [0.3, 0.4) is 0 Å². The SMILES string of the molecule is COc1c(NC(=O)c2ccc(C)c(N3CC(c4cnc(C5(C)CC5)n4C)N=N3)c2)cc(C(C)(C)C)cc1NS(C)(=O)=O. The average molecular weight is 594 g/mol.